The van der Waals surface area contributed by atoms with Crippen molar-refractivity contribution in [2.45, 2.75) is 51.4 Å². The average molecular weight is 434 g/mol. The van der Waals surface area contributed by atoms with E-state index in [1.807, 2.05) is 6.92 Å². The molecule has 9 heteroatoms. The number of likely N-dealkylation sites (N-methyl/N-ethyl adjacent to an activating group) is 1. The number of benzene rings is 1. The highest BCUT2D eigenvalue weighted by atomic mass is 19.1. The maximum atomic E-state index is 14.6. The number of alkyl halides is 1. The Morgan fingerprint density at radius 3 is 2.65 bits per heavy atom. The van der Waals surface area contributed by atoms with Crippen molar-refractivity contribution < 1.29 is 22.8 Å². The van der Waals surface area contributed by atoms with Gasteiger partial charge in [-0.3, -0.25) is 9.59 Å². The molecule has 3 rings (SSSR count). The van der Waals surface area contributed by atoms with Crippen molar-refractivity contribution in [3.63, 3.8) is 0 Å². The number of aromatic amines is 1. The van der Waals surface area contributed by atoms with Crippen LogP contribution in [-0.2, 0) is 4.79 Å². The average Bonchev–Trinajstić information content (AvgIpc) is 3.27. The summed E-state index contributed by atoms with van der Waals surface area (Å²) in [6, 6.07) is 3.30. The zero-order valence-electron chi connectivity index (χ0n) is 17.9. The van der Waals surface area contributed by atoms with Crippen molar-refractivity contribution in [2.24, 2.45) is 5.92 Å². The minimum absolute atomic E-state index is 0.0322. The molecular formula is C22H25F3N4O2. The number of fused-ring (bicyclic) bond motifs is 1. The molecule has 0 spiro atoms. The van der Waals surface area contributed by atoms with E-state index >= 15 is 0 Å². The second-order valence-corrected chi connectivity index (χ2v) is 8.86. The summed E-state index contributed by atoms with van der Waals surface area (Å²) in [5.74, 6) is -2.68. The molecule has 1 fully saturated rings. The molecule has 2 aromatic rings. The number of aromatic nitrogens is 1. The first-order valence-electron chi connectivity index (χ1n) is 10.0. The molecule has 2 amide bonds. The number of halogens is 3. The minimum Gasteiger partial charge on any atom is -0.350 e. The summed E-state index contributed by atoms with van der Waals surface area (Å²) >= 11 is 0. The number of rotatable bonds is 5. The predicted molar refractivity (Wildman–Crippen MR) is 109 cm³/mol. The molecule has 31 heavy (non-hydrogen) atoms. The number of H-pyrrole nitrogens is 1. The van der Waals surface area contributed by atoms with Crippen molar-refractivity contribution in [3.05, 3.63) is 35.5 Å². The number of carbonyl (C=O) groups excluding carboxylic acids is 2. The van der Waals surface area contributed by atoms with Gasteiger partial charge in [0, 0.05) is 31.5 Å². The lowest BCUT2D eigenvalue weighted by molar-refractivity contribution is -0.137. The molecule has 1 saturated heterocycles. The minimum atomic E-state index is -1.77. The third kappa shape index (κ3) is 4.68. The fourth-order valence-corrected chi connectivity index (χ4v) is 4.06. The van der Waals surface area contributed by atoms with Crippen LogP contribution in [0.5, 0.6) is 0 Å². The van der Waals surface area contributed by atoms with Gasteiger partial charge in [0.1, 0.15) is 35.1 Å². The van der Waals surface area contributed by atoms with Gasteiger partial charge in [-0.2, -0.15) is 5.26 Å². The summed E-state index contributed by atoms with van der Waals surface area (Å²) in [6.45, 7) is 4.88. The fraction of sp³-hybridized carbons (Fsp3) is 0.500. The van der Waals surface area contributed by atoms with E-state index in [9.17, 15) is 28.0 Å². The van der Waals surface area contributed by atoms with Crippen molar-refractivity contribution in [1.82, 2.24) is 14.8 Å². The number of amides is 2. The molecule has 3 atom stereocenters. The lowest BCUT2D eigenvalue weighted by Gasteiger charge is -2.34. The third-order valence-corrected chi connectivity index (χ3v) is 5.58. The van der Waals surface area contributed by atoms with Crippen LogP contribution in [0, 0.1) is 28.9 Å². The predicted octanol–water partition coefficient (Wildman–Crippen LogP) is 3.79. The van der Waals surface area contributed by atoms with Crippen LogP contribution >= 0.6 is 0 Å². The van der Waals surface area contributed by atoms with Crippen LogP contribution in [-0.4, -0.2) is 57.9 Å². The van der Waals surface area contributed by atoms with E-state index in [1.54, 1.807) is 0 Å². The Morgan fingerprint density at radius 2 is 2.03 bits per heavy atom. The van der Waals surface area contributed by atoms with Gasteiger partial charge in [0.15, 0.2) is 0 Å². The summed E-state index contributed by atoms with van der Waals surface area (Å²) in [6.07, 6.45) is 0.235. The van der Waals surface area contributed by atoms with Crippen LogP contribution < -0.4 is 0 Å². The Hall–Kier alpha value is -3.02. The quantitative estimate of drug-likeness (QED) is 0.778. The van der Waals surface area contributed by atoms with Crippen LogP contribution in [0.1, 0.15) is 44.1 Å². The van der Waals surface area contributed by atoms with E-state index in [-0.39, 0.29) is 28.9 Å². The number of nitrogens with zero attached hydrogens (tertiary/aromatic N) is 3. The Bertz CT molecular complexity index is 1050. The Morgan fingerprint density at radius 1 is 1.35 bits per heavy atom. The number of nitriles is 1. The van der Waals surface area contributed by atoms with Gasteiger partial charge in [-0.15, -0.1) is 0 Å². The number of likely N-dealkylation sites (tertiary alicyclic amines) is 1. The number of carbonyl (C=O) groups is 2. The largest absolute Gasteiger partial charge is 0.350 e. The fourth-order valence-electron chi connectivity index (χ4n) is 4.06. The van der Waals surface area contributed by atoms with Gasteiger partial charge in [0.05, 0.1) is 11.6 Å². The van der Waals surface area contributed by atoms with E-state index in [4.69, 9.17) is 0 Å². The van der Waals surface area contributed by atoms with Gasteiger partial charge < -0.3 is 14.8 Å². The van der Waals surface area contributed by atoms with Crippen LogP contribution in [0.2, 0.25) is 0 Å². The van der Waals surface area contributed by atoms with Crippen LogP contribution in [0.4, 0.5) is 13.2 Å². The molecular weight excluding hydrogens is 409 g/mol. The third-order valence-electron chi connectivity index (χ3n) is 5.58. The summed E-state index contributed by atoms with van der Waals surface area (Å²) in [7, 11) is 1.36. The Balaban J connectivity index is 1.94. The molecule has 0 saturated carbocycles. The van der Waals surface area contributed by atoms with Gasteiger partial charge in [-0.1, -0.05) is 6.92 Å². The van der Waals surface area contributed by atoms with Gasteiger partial charge in [0.2, 0.25) is 5.91 Å². The zero-order valence-corrected chi connectivity index (χ0v) is 17.9. The lowest BCUT2D eigenvalue weighted by Crippen LogP contribution is -2.52. The maximum Gasteiger partial charge on any atom is 0.270 e. The highest BCUT2D eigenvalue weighted by Crippen LogP contribution is 2.28. The molecule has 6 nitrogen and oxygen atoms in total. The standard InChI is InChI=1S/C22H25F3N4O2/c1-12-5-14(10-26)29(11-12)21(31)19(9-22(2,3)25)28(4)20(30)18-8-15-16(24)6-13(23)7-17(15)27-18/h6-8,12,14,19,27H,5,9,11H2,1-4H3. The zero-order chi connectivity index (χ0) is 23.1. The first-order chi connectivity index (χ1) is 14.4. The van der Waals surface area contributed by atoms with Crippen LogP contribution in [0.25, 0.3) is 10.9 Å². The summed E-state index contributed by atoms with van der Waals surface area (Å²) in [4.78, 5) is 31.5. The van der Waals surface area contributed by atoms with Crippen LogP contribution in [0.15, 0.2) is 18.2 Å². The number of hydrogen-bond acceptors (Lipinski definition) is 3. The monoisotopic (exact) mass is 434 g/mol. The van der Waals surface area contributed by atoms with E-state index in [0.29, 0.717) is 19.0 Å². The topological polar surface area (TPSA) is 80.2 Å². The van der Waals surface area contributed by atoms with E-state index in [2.05, 4.69) is 11.1 Å². The van der Waals surface area contributed by atoms with Crippen molar-refractivity contribution >= 4 is 22.7 Å². The number of nitrogens with one attached hydrogen (secondary N) is 1. The Labute approximate surface area is 178 Å². The second kappa shape index (κ2) is 8.25. The highest BCUT2D eigenvalue weighted by molar-refractivity contribution is 6.00. The molecule has 1 aliphatic rings. The maximum absolute atomic E-state index is 14.6. The molecule has 2 heterocycles. The molecule has 0 bridgehead atoms. The van der Waals surface area contributed by atoms with E-state index < -0.39 is 41.2 Å². The molecule has 1 aliphatic heterocycles. The van der Waals surface area contributed by atoms with E-state index in [1.165, 1.54) is 31.9 Å². The molecule has 1 aromatic heterocycles. The van der Waals surface area contributed by atoms with Crippen LogP contribution in [0.3, 0.4) is 0 Å². The molecule has 1 N–H and O–H groups in total. The second-order valence-electron chi connectivity index (χ2n) is 8.86. The molecule has 0 radical (unpaired) electrons. The smallest absolute Gasteiger partial charge is 0.270 e. The van der Waals surface area contributed by atoms with Crippen molar-refractivity contribution in [1.29, 1.82) is 5.26 Å². The van der Waals surface area contributed by atoms with Gasteiger partial charge in [-0.05, 0) is 38.3 Å². The van der Waals surface area contributed by atoms with Gasteiger partial charge >= 0.3 is 0 Å². The SMILES string of the molecule is CC1CC(C#N)N(C(=O)C(CC(C)(C)F)N(C)C(=O)c2cc3c(F)cc(F)cc3[nH]2)C1. The molecule has 166 valence electrons. The summed E-state index contributed by atoms with van der Waals surface area (Å²) < 4.78 is 42.1. The van der Waals surface area contributed by atoms with Gasteiger partial charge in [0.25, 0.3) is 5.91 Å². The normalized spacial score (nSPS) is 20.0. The molecule has 1 aromatic carbocycles. The first-order valence-corrected chi connectivity index (χ1v) is 10.0. The van der Waals surface area contributed by atoms with Gasteiger partial charge in [-0.25, -0.2) is 13.2 Å². The number of hydrogen-bond donors (Lipinski definition) is 1. The molecule has 3 unspecified atom stereocenters. The summed E-state index contributed by atoms with van der Waals surface area (Å²) in [5, 5.41) is 9.43. The Kier molecular flexibility index (Phi) is 6.03. The highest BCUT2D eigenvalue weighted by Gasteiger charge is 2.41. The molecule has 0 aliphatic carbocycles. The first kappa shape index (κ1) is 22.7. The van der Waals surface area contributed by atoms with E-state index in [0.717, 1.165) is 11.0 Å². The van der Waals surface area contributed by atoms with Crippen molar-refractivity contribution in [2.75, 3.05) is 13.6 Å². The summed E-state index contributed by atoms with van der Waals surface area (Å²) in [5.41, 5.74) is -1.72. The lowest BCUT2D eigenvalue weighted by atomic mass is 9.98. The van der Waals surface area contributed by atoms with Crippen molar-refractivity contribution in [3.8, 4) is 6.07 Å².